The van der Waals surface area contributed by atoms with E-state index in [9.17, 15) is 4.79 Å². The van der Waals surface area contributed by atoms with Gasteiger partial charge in [-0.2, -0.15) is 5.10 Å². The lowest BCUT2D eigenvalue weighted by molar-refractivity contribution is 0.122. The van der Waals surface area contributed by atoms with E-state index >= 15 is 0 Å². The number of amides is 1. The van der Waals surface area contributed by atoms with Crippen LogP contribution < -0.4 is 10.1 Å². The van der Waals surface area contributed by atoms with E-state index in [0.29, 0.717) is 11.4 Å². The molecule has 3 rings (SSSR count). The molecule has 1 amide bonds. The predicted molar refractivity (Wildman–Crippen MR) is 87.1 cm³/mol. The summed E-state index contributed by atoms with van der Waals surface area (Å²) < 4.78 is 12.4. The highest BCUT2D eigenvalue weighted by Gasteiger charge is 2.20. The monoisotopic (exact) mass is 332 g/mol. The van der Waals surface area contributed by atoms with Crippen LogP contribution in [0.15, 0.2) is 30.6 Å². The molecule has 8 heteroatoms. The maximum atomic E-state index is 12.1. The SMILES string of the molecule is COc1ccccc1NC(=O)OC(C)c1sc2ncnn2c1C. The summed E-state index contributed by atoms with van der Waals surface area (Å²) in [7, 11) is 1.55. The van der Waals surface area contributed by atoms with Crippen LogP contribution in [0.2, 0.25) is 0 Å². The molecule has 0 aliphatic rings. The Morgan fingerprint density at radius 3 is 2.91 bits per heavy atom. The van der Waals surface area contributed by atoms with E-state index in [1.807, 2.05) is 26.0 Å². The maximum Gasteiger partial charge on any atom is 0.412 e. The highest BCUT2D eigenvalue weighted by Crippen LogP contribution is 2.30. The highest BCUT2D eigenvalue weighted by molar-refractivity contribution is 7.17. The second-order valence-corrected chi connectivity index (χ2v) is 5.89. The standard InChI is InChI=1S/C15H16N4O3S/c1-9-13(23-14-16-8-17-19(9)14)10(2)22-15(20)18-11-6-4-5-7-12(11)21-3/h4-8,10H,1-3H3,(H,18,20). The third-order valence-corrected chi connectivity index (χ3v) is 4.70. The molecule has 0 saturated carbocycles. The van der Waals surface area contributed by atoms with Gasteiger partial charge < -0.3 is 9.47 Å². The van der Waals surface area contributed by atoms with E-state index in [-0.39, 0.29) is 0 Å². The molecule has 0 radical (unpaired) electrons. The number of thiazole rings is 1. The van der Waals surface area contributed by atoms with Crippen molar-refractivity contribution in [3.05, 3.63) is 41.2 Å². The highest BCUT2D eigenvalue weighted by atomic mass is 32.1. The molecule has 0 bridgehead atoms. The number of benzene rings is 1. The number of fused-ring (bicyclic) bond motifs is 1. The predicted octanol–water partition coefficient (Wildman–Crippen LogP) is 3.42. The summed E-state index contributed by atoms with van der Waals surface area (Å²) in [6.45, 7) is 3.74. The van der Waals surface area contributed by atoms with E-state index in [0.717, 1.165) is 15.5 Å². The van der Waals surface area contributed by atoms with Gasteiger partial charge in [0, 0.05) is 0 Å². The van der Waals surface area contributed by atoms with Crippen LogP contribution in [0.5, 0.6) is 5.75 Å². The molecule has 120 valence electrons. The first-order chi connectivity index (χ1) is 11.1. The van der Waals surface area contributed by atoms with Gasteiger partial charge in [-0.25, -0.2) is 14.3 Å². The number of nitrogens with one attached hydrogen (secondary N) is 1. The first kappa shape index (κ1) is 15.3. The number of anilines is 1. The molecule has 0 fully saturated rings. The quantitative estimate of drug-likeness (QED) is 0.792. The molecule has 2 heterocycles. The van der Waals surface area contributed by atoms with Gasteiger partial charge in [-0.1, -0.05) is 23.5 Å². The van der Waals surface area contributed by atoms with E-state index in [1.54, 1.807) is 23.8 Å². The molecule has 1 unspecified atom stereocenters. The average molecular weight is 332 g/mol. The van der Waals surface area contributed by atoms with Crippen molar-refractivity contribution in [3.8, 4) is 5.75 Å². The normalized spacial score (nSPS) is 12.1. The second-order valence-electron chi connectivity index (χ2n) is 4.88. The number of carbonyl (C=O) groups is 1. The van der Waals surface area contributed by atoms with Crippen molar-refractivity contribution >= 4 is 28.1 Å². The molecule has 0 aliphatic heterocycles. The van der Waals surface area contributed by atoms with Crippen LogP contribution in [0, 0.1) is 6.92 Å². The fourth-order valence-electron chi connectivity index (χ4n) is 2.29. The van der Waals surface area contributed by atoms with Crippen molar-refractivity contribution in [2.75, 3.05) is 12.4 Å². The number of carbonyl (C=O) groups excluding carboxylic acids is 1. The van der Waals surface area contributed by atoms with Crippen molar-refractivity contribution in [2.45, 2.75) is 20.0 Å². The largest absolute Gasteiger partial charge is 0.495 e. The van der Waals surface area contributed by atoms with Gasteiger partial charge in [-0.15, -0.1) is 0 Å². The summed E-state index contributed by atoms with van der Waals surface area (Å²) in [5, 5.41) is 6.82. The number of methoxy groups -OCH3 is 1. The molecule has 1 aromatic carbocycles. The number of aryl methyl sites for hydroxylation is 1. The van der Waals surface area contributed by atoms with Crippen molar-refractivity contribution < 1.29 is 14.3 Å². The Balaban J connectivity index is 1.72. The van der Waals surface area contributed by atoms with Crippen LogP contribution in [0.3, 0.4) is 0 Å². The summed E-state index contributed by atoms with van der Waals surface area (Å²) in [5.74, 6) is 0.576. The molecule has 7 nitrogen and oxygen atoms in total. The fraction of sp³-hybridized carbons (Fsp3) is 0.267. The first-order valence-corrected chi connectivity index (χ1v) is 7.81. The Morgan fingerprint density at radius 2 is 2.17 bits per heavy atom. The van der Waals surface area contributed by atoms with Crippen LogP contribution in [-0.4, -0.2) is 27.8 Å². The smallest absolute Gasteiger partial charge is 0.412 e. The number of rotatable bonds is 4. The molecule has 0 aliphatic carbocycles. The van der Waals surface area contributed by atoms with E-state index in [4.69, 9.17) is 9.47 Å². The van der Waals surface area contributed by atoms with Gasteiger partial charge in [0.05, 0.1) is 23.4 Å². The Morgan fingerprint density at radius 1 is 1.39 bits per heavy atom. The minimum Gasteiger partial charge on any atom is -0.495 e. The summed E-state index contributed by atoms with van der Waals surface area (Å²) in [5.41, 5.74) is 1.48. The zero-order valence-electron chi connectivity index (χ0n) is 12.9. The fourth-order valence-corrected chi connectivity index (χ4v) is 3.30. The average Bonchev–Trinajstić information content (AvgIpc) is 3.11. The van der Waals surface area contributed by atoms with Gasteiger partial charge in [0.15, 0.2) is 0 Å². The van der Waals surface area contributed by atoms with Crippen molar-refractivity contribution in [1.29, 1.82) is 0 Å². The van der Waals surface area contributed by atoms with Gasteiger partial charge in [-0.05, 0) is 26.0 Å². The zero-order chi connectivity index (χ0) is 16.4. The zero-order valence-corrected chi connectivity index (χ0v) is 13.8. The summed E-state index contributed by atoms with van der Waals surface area (Å²) in [4.78, 5) is 17.9. The molecular formula is C15H16N4O3S. The van der Waals surface area contributed by atoms with Crippen LogP contribution in [0.1, 0.15) is 23.6 Å². The van der Waals surface area contributed by atoms with E-state index in [2.05, 4.69) is 15.4 Å². The van der Waals surface area contributed by atoms with Crippen LogP contribution in [0.25, 0.3) is 4.96 Å². The van der Waals surface area contributed by atoms with Crippen LogP contribution in [0.4, 0.5) is 10.5 Å². The number of hydrogen-bond acceptors (Lipinski definition) is 6. The topological polar surface area (TPSA) is 77.8 Å². The van der Waals surface area contributed by atoms with E-state index in [1.165, 1.54) is 17.7 Å². The van der Waals surface area contributed by atoms with Gasteiger partial charge in [0.25, 0.3) is 0 Å². The van der Waals surface area contributed by atoms with E-state index < -0.39 is 12.2 Å². The Labute approximate surface area is 136 Å². The molecule has 1 atom stereocenters. The van der Waals surface area contributed by atoms with Crippen LogP contribution in [-0.2, 0) is 4.74 Å². The number of nitrogens with zero attached hydrogens (tertiary/aromatic N) is 3. The van der Waals surface area contributed by atoms with Crippen molar-refractivity contribution in [3.63, 3.8) is 0 Å². The minimum atomic E-state index is -0.541. The maximum absolute atomic E-state index is 12.1. The third kappa shape index (κ3) is 2.98. The Bertz CT molecular complexity index is 842. The van der Waals surface area contributed by atoms with Gasteiger partial charge >= 0.3 is 6.09 Å². The van der Waals surface area contributed by atoms with Gasteiger partial charge in [-0.3, -0.25) is 5.32 Å². The molecule has 3 aromatic rings. The molecule has 1 N–H and O–H groups in total. The summed E-state index contributed by atoms with van der Waals surface area (Å²) in [6, 6.07) is 7.16. The lowest BCUT2D eigenvalue weighted by Gasteiger charge is -2.14. The lowest BCUT2D eigenvalue weighted by Crippen LogP contribution is -2.16. The lowest BCUT2D eigenvalue weighted by atomic mass is 10.3. The van der Waals surface area contributed by atoms with Crippen molar-refractivity contribution in [1.82, 2.24) is 14.6 Å². The third-order valence-electron chi connectivity index (χ3n) is 3.39. The number of aromatic nitrogens is 3. The molecule has 2 aromatic heterocycles. The second kappa shape index (κ2) is 6.25. The minimum absolute atomic E-state index is 0.404. The molecule has 0 spiro atoms. The summed E-state index contributed by atoms with van der Waals surface area (Å²) in [6.07, 6.45) is 0.557. The van der Waals surface area contributed by atoms with Gasteiger partial charge in [0.2, 0.25) is 4.96 Å². The Kier molecular flexibility index (Phi) is 4.16. The molecule has 23 heavy (non-hydrogen) atoms. The number of para-hydroxylation sites is 2. The van der Waals surface area contributed by atoms with Crippen LogP contribution >= 0.6 is 11.3 Å². The molecule has 0 saturated heterocycles. The number of ether oxygens (including phenoxy) is 2. The first-order valence-electron chi connectivity index (χ1n) is 7.00. The number of hydrogen-bond donors (Lipinski definition) is 1. The van der Waals surface area contributed by atoms with Gasteiger partial charge in [0.1, 0.15) is 18.2 Å². The Hall–Kier alpha value is -2.61. The molecular weight excluding hydrogens is 316 g/mol. The van der Waals surface area contributed by atoms with Crippen molar-refractivity contribution in [2.24, 2.45) is 0 Å². The summed E-state index contributed by atoms with van der Waals surface area (Å²) >= 11 is 1.45.